The number of nitrogens with zero attached hydrogens (tertiary/aromatic N) is 3. The van der Waals surface area contributed by atoms with E-state index in [0.29, 0.717) is 11.6 Å². The van der Waals surface area contributed by atoms with Gasteiger partial charge in [-0.15, -0.1) is 0 Å². The summed E-state index contributed by atoms with van der Waals surface area (Å²) in [5, 5.41) is 5.00. The molecule has 0 N–H and O–H groups in total. The average Bonchev–Trinajstić information content (AvgIpc) is 2.67. The van der Waals surface area contributed by atoms with E-state index in [9.17, 15) is 4.79 Å². The lowest BCUT2D eigenvalue weighted by Crippen LogP contribution is -2.44. The summed E-state index contributed by atoms with van der Waals surface area (Å²) in [5.74, 6) is 0.128. The highest BCUT2D eigenvalue weighted by Crippen LogP contribution is 2.26. The number of halogens is 1. The molecule has 2 rings (SSSR count). The molecule has 0 atom stereocenters. The molecular weight excluding hydrogens is 282 g/mol. The van der Waals surface area contributed by atoms with Crippen molar-refractivity contribution in [1.29, 1.82) is 0 Å². The van der Waals surface area contributed by atoms with Gasteiger partial charge in [0.05, 0.1) is 11.8 Å². The van der Waals surface area contributed by atoms with Crippen LogP contribution in [-0.2, 0) is 7.05 Å². The molecule has 1 saturated carbocycles. The van der Waals surface area contributed by atoms with Gasteiger partial charge < -0.3 is 4.90 Å². The number of amides is 1. The lowest BCUT2D eigenvalue weighted by molar-refractivity contribution is 0.0581. The molecule has 4 nitrogen and oxygen atoms in total. The Balaban J connectivity index is 2.06. The van der Waals surface area contributed by atoms with Crippen molar-refractivity contribution in [2.24, 2.45) is 7.05 Å². The molecule has 1 aliphatic carbocycles. The molecule has 17 heavy (non-hydrogen) atoms. The van der Waals surface area contributed by atoms with Crippen molar-refractivity contribution in [3.05, 3.63) is 18.0 Å². The Morgan fingerprint density at radius 2 is 2.41 bits per heavy atom. The fourth-order valence-corrected chi connectivity index (χ4v) is 2.33. The third kappa shape index (κ3) is 2.89. The van der Waals surface area contributed by atoms with E-state index in [1.807, 2.05) is 11.9 Å². The maximum absolute atomic E-state index is 12.4. The summed E-state index contributed by atoms with van der Waals surface area (Å²) < 4.78 is 1.68. The number of carbonyl (C=O) groups is 1. The van der Waals surface area contributed by atoms with Crippen LogP contribution in [0.2, 0.25) is 0 Å². The SMILES string of the molecule is Cn1cc(C(=O)N(CCCBr)C2CCC2)cn1. The van der Waals surface area contributed by atoms with Gasteiger partial charge in [-0.25, -0.2) is 0 Å². The molecule has 5 heteroatoms. The molecule has 0 aromatic carbocycles. The van der Waals surface area contributed by atoms with Crippen LogP contribution in [0.3, 0.4) is 0 Å². The second kappa shape index (κ2) is 5.67. The molecule has 94 valence electrons. The van der Waals surface area contributed by atoms with Crippen LogP contribution >= 0.6 is 15.9 Å². The zero-order valence-electron chi connectivity index (χ0n) is 10.1. The molecular formula is C12H18BrN3O. The monoisotopic (exact) mass is 299 g/mol. The fraction of sp³-hybridized carbons (Fsp3) is 0.667. The minimum Gasteiger partial charge on any atom is -0.336 e. The van der Waals surface area contributed by atoms with Crippen LogP contribution < -0.4 is 0 Å². The fourth-order valence-electron chi connectivity index (χ4n) is 2.08. The van der Waals surface area contributed by atoms with Crippen molar-refractivity contribution in [2.45, 2.75) is 31.7 Å². The first-order valence-electron chi connectivity index (χ1n) is 6.08. The van der Waals surface area contributed by atoms with Gasteiger partial charge >= 0.3 is 0 Å². The van der Waals surface area contributed by atoms with Crippen molar-refractivity contribution < 1.29 is 4.79 Å². The second-order valence-electron chi connectivity index (χ2n) is 4.53. The Kier molecular flexibility index (Phi) is 4.20. The molecule has 0 radical (unpaired) electrons. The first kappa shape index (κ1) is 12.6. The van der Waals surface area contributed by atoms with E-state index in [4.69, 9.17) is 0 Å². The molecule has 1 amide bonds. The van der Waals surface area contributed by atoms with Crippen LogP contribution in [0.25, 0.3) is 0 Å². The molecule has 1 aromatic heterocycles. The van der Waals surface area contributed by atoms with Crippen LogP contribution in [0.1, 0.15) is 36.0 Å². The summed E-state index contributed by atoms with van der Waals surface area (Å²) in [7, 11) is 1.84. The third-order valence-corrected chi connectivity index (χ3v) is 3.82. The zero-order chi connectivity index (χ0) is 12.3. The number of aryl methyl sites for hydroxylation is 1. The summed E-state index contributed by atoms with van der Waals surface area (Å²) in [4.78, 5) is 14.4. The molecule has 1 aliphatic rings. The van der Waals surface area contributed by atoms with E-state index in [-0.39, 0.29) is 5.91 Å². The molecule has 0 saturated heterocycles. The number of hydrogen-bond acceptors (Lipinski definition) is 2. The Bertz CT molecular complexity index is 387. The van der Waals surface area contributed by atoms with E-state index in [1.165, 1.54) is 6.42 Å². The molecule has 1 aromatic rings. The Morgan fingerprint density at radius 3 is 2.88 bits per heavy atom. The van der Waals surface area contributed by atoms with Crippen molar-refractivity contribution >= 4 is 21.8 Å². The summed E-state index contributed by atoms with van der Waals surface area (Å²) in [5.41, 5.74) is 0.703. The predicted octanol–water partition coefficient (Wildman–Crippen LogP) is 2.20. The van der Waals surface area contributed by atoms with Crippen LogP contribution in [0.5, 0.6) is 0 Å². The van der Waals surface area contributed by atoms with Crippen LogP contribution in [0.4, 0.5) is 0 Å². The minimum absolute atomic E-state index is 0.128. The smallest absolute Gasteiger partial charge is 0.257 e. The normalized spacial score (nSPS) is 15.6. The summed E-state index contributed by atoms with van der Waals surface area (Å²) in [6.45, 7) is 0.837. The van der Waals surface area contributed by atoms with Crippen LogP contribution in [0.15, 0.2) is 12.4 Å². The number of alkyl halides is 1. The number of carbonyl (C=O) groups excluding carboxylic acids is 1. The van der Waals surface area contributed by atoms with E-state index in [1.54, 1.807) is 17.1 Å². The van der Waals surface area contributed by atoms with Gasteiger partial charge in [-0.3, -0.25) is 9.48 Å². The van der Waals surface area contributed by atoms with Gasteiger partial charge in [-0.1, -0.05) is 15.9 Å². The second-order valence-corrected chi connectivity index (χ2v) is 5.32. The first-order valence-corrected chi connectivity index (χ1v) is 7.20. The van der Waals surface area contributed by atoms with Gasteiger partial charge in [-0.2, -0.15) is 5.10 Å². The summed E-state index contributed by atoms with van der Waals surface area (Å²) in [6.07, 6.45) is 7.99. The number of aromatic nitrogens is 2. The quantitative estimate of drug-likeness (QED) is 0.782. The van der Waals surface area contributed by atoms with Crippen molar-refractivity contribution in [3.63, 3.8) is 0 Å². The third-order valence-electron chi connectivity index (χ3n) is 3.26. The minimum atomic E-state index is 0.128. The highest BCUT2D eigenvalue weighted by Gasteiger charge is 2.29. The van der Waals surface area contributed by atoms with Gasteiger partial charge in [0.2, 0.25) is 0 Å². The van der Waals surface area contributed by atoms with E-state index < -0.39 is 0 Å². The Morgan fingerprint density at radius 1 is 1.65 bits per heavy atom. The van der Waals surface area contributed by atoms with Gasteiger partial charge in [0.25, 0.3) is 5.91 Å². The highest BCUT2D eigenvalue weighted by molar-refractivity contribution is 9.09. The van der Waals surface area contributed by atoms with Gasteiger partial charge in [0.1, 0.15) is 0 Å². The molecule has 0 aliphatic heterocycles. The first-order chi connectivity index (χ1) is 8.22. The lowest BCUT2D eigenvalue weighted by atomic mass is 9.91. The zero-order valence-corrected chi connectivity index (χ0v) is 11.7. The lowest BCUT2D eigenvalue weighted by Gasteiger charge is -2.37. The topological polar surface area (TPSA) is 38.1 Å². The average molecular weight is 300 g/mol. The number of rotatable bonds is 5. The maximum atomic E-state index is 12.4. The van der Waals surface area contributed by atoms with Gasteiger partial charge in [0, 0.05) is 31.2 Å². The Hall–Kier alpha value is -0.840. The van der Waals surface area contributed by atoms with Gasteiger partial charge in [-0.05, 0) is 25.7 Å². The molecule has 0 bridgehead atoms. The van der Waals surface area contributed by atoms with E-state index in [2.05, 4.69) is 21.0 Å². The van der Waals surface area contributed by atoms with Crippen LogP contribution in [0, 0.1) is 0 Å². The van der Waals surface area contributed by atoms with Crippen molar-refractivity contribution in [1.82, 2.24) is 14.7 Å². The van der Waals surface area contributed by atoms with Crippen molar-refractivity contribution in [2.75, 3.05) is 11.9 Å². The molecule has 0 spiro atoms. The highest BCUT2D eigenvalue weighted by atomic mass is 79.9. The molecule has 0 unspecified atom stereocenters. The predicted molar refractivity (Wildman–Crippen MR) is 70.3 cm³/mol. The summed E-state index contributed by atoms with van der Waals surface area (Å²) in [6, 6.07) is 0.446. The maximum Gasteiger partial charge on any atom is 0.257 e. The molecule has 1 heterocycles. The van der Waals surface area contributed by atoms with Crippen LogP contribution in [-0.4, -0.2) is 38.5 Å². The van der Waals surface area contributed by atoms with Crippen molar-refractivity contribution in [3.8, 4) is 0 Å². The largest absolute Gasteiger partial charge is 0.336 e. The van der Waals surface area contributed by atoms with Gasteiger partial charge in [0.15, 0.2) is 0 Å². The van der Waals surface area contributed by atoms with E-state index >= 15 is 0 Å². The standard InChI is InChI=1S/C12H18BrN3O/c1-15-9-10(8-14-15)12(17)16(7-3-6-13)11-4-2-5-11/h8-9,11H,2-7H2,1H3. The number of hydrogen-bond donors (Lipinski definition) is 0. The van der Waals surface area contributed by atoms with E-state index in [0.717, 1.165) is 31.1 Å². The molecule has 1 fully saturated rings. The Labute approximate surface area is 110 Å². The summed E-state index contributed by atoms with van der Waals surface area (Å²) >= 11 is 3.42.